The summed E-state index contributed by atoms with van der Waals surface area (Å²) in [5.74, 6) is 0.738. The van der Waals surface area contributed by atoms with Gasteiger partial charge in [-0.25, -0.2) is 0 Å². The summed E-state index contributed by atoms with van der Waals surface area (Å²) in [6, 6.07) is 7.36. The molecule has 1 N–H and O–H groups in total. The minimum atomic E-state index is -0.547. The molecule has 1 aromatic carbocycles. The number of nitrogens with one attached hydrogen (secondary N) is 1. The summed E-state index contributed by atoms with van der Waals surface area (Å²) in [5, 5.41) is 2.84. The highest BCUT2D eigenvalue weighted by Crippen LogP contribution is 2.17. The van der Waals surface area contributed by atoms with Crippen LogP contribution in [0.25, 0.3) is 0 Å². The van der Waals surface area contributed by atoms with Crippen molar-refractivity contribution in [1.82, 2.24) is 10.2 Å². The molecule has 0 radical (unpaired) electrons. The van der Waals surface area contributed by atoms with Crippen LogP contribution < -0.4 is 10.1 Å². The molecular weight excluding hydrogens is 348 g/mol. The van der Waals surface area contributed by atoms with Crippen LogP contribution in [0.3, 0.4) is 0 Å². The number of nitrogens with zero attached hydrogens (tertiary/aromatic N) is 1. The molecule has 2 rings (SSSR count). The monoisotopic (exact) mass is 368 g/mol. The molecule has 5 nitrogen and oxygen atoms in total. The van der Waals surface area contributed by atoms with Gasteiger partial charge in [0.05, 0.1) is 0 Å². The van der Waals surface area contributed by atoms with Crippen molar-refractivity contribution < 1.29 is 14.3 Å². The second kappa shape index (κ2) is 8.17. The molecule has 6 heteroatoms. The predicted molar refractivity (Wildman–Crippen MR) is 87.7 cm³/mol. The Kier molecular flexibility index (Phi) is 6.24. The Balaban J connectivity index is 1.65. The van der Waals surface area contributed by atoms with Crippen LogP contribution >= 0.6 is 15.9 Å². The molecule has 0 aromatic heterocycles. The molecule has 0 saturated carbocycles. The van der Waals surface area contributed by atoms with Gasteiger partial charge in [0.2, 0.25) is 5.91 Å². The van der Waals surface area contributed by atoms with E-state index < -0.39 is 6.10 Å². The van der Waals surface area contributed by atoms with E-state index in [1.54, 1.807) is 6.92 Å². The first-order chi connectivity index (χ1) is 10.6. The highest BCUT2D eigenvalue weighted by molar-refractivity contribution is 9.10. The Labute approximate surface area is 139 Å². The molecule has 22 heavy (non-hydrogen) atoms. The molecule has 1 aliphatic rings. The van der Waals surface area contributed by atoms with Crippen LogP contribution in [0.5, 0.6) is 5.75 Å². The molecule has 1 fully saturated rings. The topological polar surface area (TPSA) is 58.6 Å². The number of halogens is 1. The number of likely N-dealkylation sites (tertiary alicyclic amines) is 1. The molecule has 1 aliphatic heterocycles. The number of carbonyl (C=O) groups is 2. The third-order valence-corrected chi connectivity index (χ3v) is 4.10. The Morgan fingerprint density at radius 1 is 1.41 bits per heavy atom. The van der Waals surface area contributed by atoms with Crippen molar-refractivity contribution >= 4 is 27.7 Å². The first-order valence-corrected chi connectivity index (χ1v) is 8.33. The molecule has 0 spiro atoms. The van der Waals surface area contributed by atoms with Crippen LogP contribution in [0.15, 0.2) is 28.7 Å². The normalized spacial score (nSPS) is 15.7. The zero-order chi connectivity index (χ0) is 15.9. The summed E-state index contributed by atoms with van der Waals surface area (Å²) in [7, 11) is 0. The molecule has 1 atom stereocenters. The lowest BCUT2D eigenvalue weighted by atomic mass is 10.3. The summed E-state index contributed by atoms with van der Waals surface area (Å²) in [5.41, 5.74) is 0. The zero-order valence-electron chi connectivity index (χ0n) is 12.7. The summed E-state index contributed by atoms with van der Waals surface area (Å²) in [6.45, 7) is 3.83. The van der Waals surface area contributed by atoms with Crippen LogP contribution in [0.2, 0.25) is 0 Å². The van der Waals surface area contributed by atoms with Crippen molar-refractivity contribution in [2.75, 3.05) is 19.6 Å². The molecule has 1 aromatic rings. The van der Waals surface area contributed by atoms with Gasteiger partial charge >= 0.3 is 0 Å². The Hall–Kier alpha value is -1.56. The number of ether oxygens (including phenoxy) is 1. The summed E-state index contributed by atoms with van der Waals surface area (Å²) < 4.78 is 6.55. The lowest BCUT2D eigenvalue weighted by Gasteiger charge is -2.17. The summed E-state index contributed by atoms with van der Waals surface area (Å²) >= 11 is 3.35. The van der Waals surface area contributed by atoms with Gasteiger partial charge in [0, 0.05) is 30.5 Å². The van der Waals surface area contributed by atoms with Gasteiger partial charge in [0.15, 0.2) is 6.10 Å². The van der Waals surface area contributed by atoms with Crippen LogP contribution in [0.4, 0.5) is 0 Å². The highest BCUT2D eigenvalue weighted by Gasteiger charge is 2.19. The van der Waals surface area contributed by atoms with Gasteiger partial charge in [-0.1, -0.05) is 15.9 Å². The number of carbonyl (C=O) groups excluding carboxylic acids is 2. The number of hydrogen-bond donors (Lipinski definition) is 1. The van der Waals surface area contributed by atoms with E-state index >= 15 is 0 Å². The van der Waals surface area contributed by atoms with Gasteiger partial charge in [0.25, 0.3) is 5.91 Å². The smallest absolute Gasteiger partial charge is 0.260 e. The Morgan fingerprint density at radius 2 is 2.14 bits per heavy atom. The second-order valence-corrected chi connectivity index (χ2v) is 6.26. The van der Waals surface area contributed by atoms with Gasteiger partial charge in [0.1, 0.15) is 5.75 Å². The fourth-order valence-electron chi connectivity index (χ4n) is 2.34. The van der Waals surface area contributed by atoms with E-state index in [0.717, 1.165) is 23.9 Å². The maximum Gasteiger partial charge on any atom is 0.260 e. The molecule has 0 bridgehead atoms. The number of benzene rings is 1. The number of amides is 2. The van der Waals surface area contributed by atoms with Gasteiger partial charge in [-0.15, -0.1) is 0 Å². The third kappa shape index (κ3) is 5.02. The molecule has 2 amide bonds. The molecule has 120 valence electrons. The Bertz CT molecular complexity index is 519. The second-order valence-electron chi connectivity index (χ2n) is 5.34. The zero-order valence-corrected chi connectivity index (χ0v) is 14.3. The first-order valence-electron chi connectivity index (χ1n) is 7.54. The minimum absolute atomic E-state index is 0.143. The van der Waals surface area contributed by atoms with Gasteiger partial charge in [-0.05, 0) is 44.0 Å². The molecule has 1 heterocycles. The average Bonchev–Trinajstić information content (AvgIpc) is 2.91. The van der Waals surface area contributed by atoms with E-state index in [4.69, 9.17) is 4.74 Å². The molecule has 1 saturated heterocycles. The number of hydrogen-bond acceptors (Lipinski definition) is 3. The van der Waals surface area contributed by atoms with E-state index in [-0.39, 0.29) is 11.8 Å². The summed E-state index contributed by atoms with van der Waals surface area (Å²) in [4.78, 5) is 25.3. The van der Waals surface area contributed by atoms with E-state index in [1.165, 1.54) is 0 Å². The Morgan fingerprint density at radius 3 is 2.77 bits per heavy atom. The quantitative estimate of drug-likeness (QED) is 0.751. The maximum atomic E-state index is 11.9. The van der Waals surface area contributed by atoms with Crippen molar-refractivity contribution in [3.63, 3.8) is 0 Å². The third-order valence-electron chi connectivity index (χ3n) is 3.57. The van der Waals surface area contributed by atoms with Gasteiger partial charge < -0.3 is 15.0 Å². The van der Waals surface area contributed by atoms with Crippen molar-refractivity contribution in [2.45, 2.75) is 32.3 Å². The lowest BCUT2D eigenvalue weighted by molar-refractivity contribution is -0.127. The molecular formula is C16H21BrN2O3. The molecule has 0 unspecified atom stereocenters. The van der Waals surface area contributed by atoms with Crippen LogP contribution in [0.1, 0.15) is 26.2 Å². The largest absolute Gasteiger partial charge is 0.481 e. The van der Waals surface area contributed by atoms with Crippen molar-refractivity contribution in [2.24, 2.45) is 0 Å². The predicted octanol–water partition coefficient (Wildman–Crippen LogP) is 2.35. The highest BCUT2D eigenvalue weighted by atomic mass is 79.9. The maximum absolute atomic E-state index is 11.9. The van der Waals surface area contributed by atoms with Crippen LogP contribution in [0, 0.1) is 0 Å². The minimum Gasteiger partial charge on any atom is -0.481 e. The van der Waals surface area contributed by atoms with Crippen LogP contribution in [-0.2, 0) is 9.59 Å². The fourth-order valence-corrected chi connectivity index (χ4v) is 2.60. The molecule has 0 aliphatic carbocycles. The average molecular weight is 369 g/mol. The van der Waals surface area contributed by atoms with E-state index in [1.807, 2.05) is 29.2 Å². The van der Waals surface area contributed by atoms with Crippen molar-refractivity contribution in [3.8, 4) is 5.75 Å². The van der Waals surface area contributed by atoms with Gasteiger partial charge in [-0.2, -0.15) is 0 Å². The van der Waals surface area contributed by atoms with E-state index in [9.17, 15) is 9.59 Å². The SMILES string of the molecule is C[C@H](Oc1ccc(Br)cc1)C(=O)NCCCN1CCCC1=O. The first kappa shape index (κ1) is 16.8. The standard InChI is InChI=1S/C16H21BrN2O3/c1-12(22-14-7-5-13(17)6-8-14)16(21)18-9-3-11-19-10-2-4-15(19)20/h5-8,12H,2-4,9-11H2,1H3,(H,18,21)/t12-/m0/s1. The fraction of sp³-hybridized carbons (Fsp3) is 0.500. The van der Waals surface area contributed by atoms with E-state index in [0.29, 0.717) is 25.3 Å². The van der Waals surface area contributed by atoms with Gasteiger partial charge in [-0.3, -0.25) is 9.59 Å². The van der Waals surface area contributed by atoms with Crippen LogP contribution in [-0.4, -0.2) is 42.5 Å². The van der Waals surface area contributed by atoms with E-state index in [2.05, 4.69) is 21.2 Å². The van der Waals surface area contributed by atoms with Crippen molar-refractivity contribution in [3.05, 3.63) is 28.7 Å². The number of rotatable bonds is 7. The summed E-state index contributed by atoms with van der Waals surface area (Å²) in [6.07, 6.45) is 1.82. The lowest BCUT2D eigenvalue weighted by Crippen LogP contribution is -2.38. The van der Waals surface area contributed by atoms with Crippen molar-refractivity contribution in [1.29, 1.82) is 0 Å².